The first-order valence-electron chi connectivity index (χ1n) is 10.8. The first kappa shape index (κ1) is 28.2. The van der Waals surface area contributed by atoms with Crippen LogP contribution >= 0.6 is 11.8 Å². The van der Waals surface area contributed by atoms with E-state index in [-0.39, 0.29) is 18.3 Å². The molecule has 0 aromatic heterocycles. The Balaban J connectivity index is 0.00000101. The van der Waals surface area contributed by atoms with Crippen LogP contribution in [0.25, 0.3) is 0 Å². The van der Waals surface area contributed by atoms with E-state index in [1.165, 1.54) is 17.2 Å². The van der Waals surface area contributed by atoms with Gasteiger partial charge >= 0.3 is 0 Å². The molecule has 180 valence electrons. The van der Waals surface area contributed by atoms with Crippen LogP contribution in [0.2, 0.25) is 0 Å². The number of hydrogen-bond donors (Lipinski definition) is 2. The van der Waals surface area contributed by atoms with E-state index in [2.05, 4.69) is 37.4 Å². The van der Waals surface area contributed by atoms with Crippen molar-refractivity contribution in [3.8, 4) is 5.75 Å². The second-order valence-electron chi connectivity index (χ2n) is 7.36. The third kappa shape index (κ3) is 9.65. The fourth-order valence-electron chi connectivity index (χ4n) is 3.38. The molecule has 1 aliphatic heterocycles. The molecular formula is C25H33FN2O4S. The predicted octanol–water partition coefficient (Wildman–Crippen LogP) is 5.31. The summed E-state index contributed by atoms with van der Waals surface area (Å²) in [5.41, 5.74) is 4.51. The van der Waals surface area contributed by atoms with Crippen molar-refractivity contribution >= 4 is 35.8 Å². The highest BCUT2D eigenvalue weighted by Crippen LogP contribution is 2.26. The maximum atomic E-state index is 13.4. The molecule has 0 radical (unpaired) electrons. The first-order chi connectivity index (χ1) is 16.0. The Bertz CT molecular complexity index is 908. The number of hydrogen-bond acceptors (Lipinski definition) is 6. The third-order valence-electron chi connectivity index (χ3n) is 4.98. The normalized spacial score (nSPS) is 14.2. The van der Waals surface area contributed by atoms with Crippen molar-refractivity contribution in [3.05, 3.63) is 58.9 Å². The standard InChI is InChI=1S/C23H29FN2OS.CH2O2.CH2O/c1-4-6-20-16(2)7-5-8-22(20)27-14-23-26-19(15-28-23)11-12-25-21-13-18(24)10-9-17(21)3;2-1-3;1-2/h5,7-10,13,19,25H,4,6,11-12,14-15H2,1-3H3;1H,(H,2,3);1H2. The first-order valence-corrected chi connectivity index (χ1v) is 11.7. The minimum atomic E-state index is -0.250. The minimum Gasteiger partial charge on any atom is -0.486 e. The van der Waals surface area contributed by atoms with Crippen LogP contribution in [0.5, 0.6) is 5.75 Å². The Morgan fingerprint density at radius 2 is 2.00 bits per heavy atom. The number of carbonyl (C=O) groups is 2. The van der Waals surface area contributed by atoms with Gasteiger partial charge in [0.05, 0.1) is 6.04 Å². The zero-order valence-electron chi connectivity index (χ0n) is 19.5. The molecule has 1 atom stereocenters. The SMILES string of the molecule is C=O.CCCc1c(C)cccc1OCC1=NC(CCNc2cc(F)ccc2C)CS1.O=CO. The fraction of sp³-hybridized carbons (Fsp3) is 0.400. The van der Waals surface area contributed by atoms with Crippen LogP contribution in [0.15, 0.2) is 41.4 Å². The van der Waals surface area contributed by atoms with Crippen LogP contribution in [0, 0.1) is 19.7 Å². The lowest BCUT2D eigenvalue weighted by atomic mass is 10.0. The number of aliphatic imine (C=N–C) groups is 1. The lowest BCUT2D eigenvalue weighted by Gasteiger charge is -2.13. The van der Waals surface area contributed by atoms with Crippen LogP contribution < -0.4 is 10.1 Å². The van der Waals surface area contributed by atoms with Crippen molar-refractivity contribution in [1.82, 2.24) is 0 Å². The van der Waals surface area contributed by atoms with Crippen LogP contribution in [-0.4, -0.2) is 48.4 Å². The molecule has 1 unspecified atom stereocenters. The summed E-state index contributed by atoms with van der Waals surface area (Å²) in [4.78, 5) is 21.2. The Morgan fingerprint density at radius 1 is 1.27 bits per heavy atom. The third-order valence-corrected chi connectivity index (χ3v) is 6.09. The molecular weight excluding hydrogens is 443 g/mol. The van der Waals surface area contributed by atoms with Gasteiger partial charge in [0.1, 0.15) is 30.0 Å². The summed E-state index contributed by atoms with van der Waals surface area (Å²) >= 11 is 1.78. The molecule has 1 heterocycles. The van der Waals surface area contributed by atoms with Crippen LogP contribution in [-0.2, 0) is 16.0 Å². The molecule has 2 N–H and O–H groups in total. The second-order valence-corrected chi connectivity index (χ2v) is 8.45. The van der Waals surface area contributed by atoms with Gasteiger partial charge in [0, 0.05) is 18.0 Å². The van der Waals surface area contributed by atoms with Crippen molar-refractivity contribution < 1.29 is 23.8 Å². The number of anilines is 1. The number of ether oxygens (including phenoxy) is 1. The zero-order valence-corrected chi connectivity index (χ0v) is 20.3. The predicted molar refractivity (Wildman–Crippen MR) is 134 cm³/mol. The van der Waals surface area contributed by atoms with Gasteiger partial charge in [-0.3, -0.25) is 9.79 Å². The quantitative estimate of drug-likeness (QED) is 0.477. The summed E-state index contributed by atoms with van der Waals surface area (Å²) in [5, 5.41) is 11.3. The fourth-order valence-corrected chi connectivity index (χ4v) is 4.37. The molecule has 3 rings (SSSR count). The highest BCUT2D eigenvalue weighted by atomic mass is 32.2. The van der Waals surface area contributed by atoms with Crippen molar-refractivity contribution in [2.75, 3.05) is 24.2 Å². The van der Waals surface area contributed by atoms with Gasteiger partial charge in [0.2, 0.25) is 0 Å². The number of carbonyl (C=O) groups excluding carboxylic acids is 1. The molecule has 0 spiro atoms. The molecule has 0 amide bonds. The summed E-state index contributed by atoms with van der Waals surface area (Å²) in [6.45, 7) is 9.39. The summed E-state index contributed by atoms with van der Waals surface area (Å²) in [6, 6.07) is 11.4. The number of nitrogens with one attached hydrogen (secondary N) is 1. The van der Waals surface area contributed by atoms with Crippen molar-refractivity contribution in [3.63, 3.8) is 0 Å². The summed E-state index contributed by atoms with van der Waals surface area (Å²) in [5.74, 6) is 1.76. The lowest BCUT2D eigenvalue weighted by molar-refractivity contribution is -0.122. The monoisotopic (exact) mass is 476 g/mol. The number of halogens is 1. The number of thioether (sulfide) groups is 1. The number of carboxylic acid groups (broad SMARTS) is 1. The molecule has 0 saturated carbocycles. The van der Waals surface area contributed by atoms with Gasteiger partial charge < -0.3 is 20.0 Å². The van der Waals surface area contributed by atoms with Gasteiger partial charge in [-0.25, -0.2) is 4.39 Å². The minimum absolute atomic E-state index is 0.208. The molecule has 0 fully saturated rings. The smallest absolute Gasteiger partial charge is 0.290 e. The molecule has 0 bridgehead atoms. The largest absolute Gasteiger partial charge is 0.486 e. The molecule has 1 aliphatic rings. The van der Waals surface area contributed by atoms with Gasteiger partial charge in [0.15, 0.2) is 0 Å². The maximum absolute atomic E-state index is 13.4. The molecule has 8 heteroatoms. The van der Waals surface area contributed by atoms with E-state index in [0.29, 0.717) is 6.61 Å². The molecule has 33 heavy (non-hydrogen) atoms. The summed E-state index contributed by atoms with van der Waals surface area (Å²) < 4.78 is 19.5. The lowest BCUT2D eigenvalue weighted by Crippen LogP contribution is -2.12. The molecule has 0 aliphatic carbocycles. The van der Waals surface area contributed by atoms with Gasteiger partial charge in [0.25, 0.3) is 6.47 Å². The van der Waals surface area contributed by atoms with Crippen molar-refractivity contribution in [1.29, 1.82) is 0 Å². The molecule has 2 aromatic carbocycles. The Morgan fingerprint density at radius 3 is 2.70 bits per heavy atom. The Labute approximate surface area is 199 Å². The van der Waals surface area contributed by atoms with Gasteiger partial charge in [-0.05, 0) is 61.6 Å². The Hall–Kier alpha value is -2.87. The highest BCUT2D eigenvalue weighted by molar-refractivity contribution is 8.14. The number of rotatable bonds is 9. The average molecular weight is 477 g/mol. The van der Waals surface area contributed by atoms with Crippen molar-refractivity contribution in [2.45, 2.75) is 46.1 Å². The van der Waals surface area contributed by atoms with E-state index in [9.17, 15) is 4.39 Å². The van der Waals surface area contributed by atoms with E-state index in [1.807, 2.05) is 13.7 Å². The molecule has 0 saturated heterocycles. The summed E-state index contributed by atoms with van der Waals surface area (Å²) in [7, 11) is 0. The van der Waals surface area contributed by atoms with Crippen LogP contribution in [0.3, 0.4) is 0 Å². The van der Waals surface area contributed by atoms with E-state index in [1.54, 1.807) is 23.9 Å². The number of nitrogens with zero attached hydrogens (tertiary/aromatic N) is 1. The molecule has 2 aromatic rings. The zero-order chi connectivity index (χ0) is 24.6. The highest BCUT2D eigenvalue weighted by Gasteiger charge is 2.19. The maximum Gasteiger partial charge on any atom is 0.290 e. The van der Waals surface area contributed by atoms with Crippen LogP contribution in [0.4, 0.5) is 10.1 Å². The molecule has 6 nitrogen and oxygen atoms in total. The average Bonchev–Trinajstić information content (AvgIpc) is 3.26. The topological polar surface area (TPSA) is 88.0 Å². The van der Waals surface area contributed by atoms with E-state index in [0.717, 1.165) is 53.6 Å². The van der Waals surface area contributed by atoms with Crippen molar-refractivity contribution in [2.24, 2.45) is 4.99 Å². The van der Waals surface area contributed by atoms with E-state index < -0.39 is 0 Å². The van der Waals surface area contributed by atoms with E-state index >= 15 is 0 Å². The summed E-state index contributed by atoms with van der Waals surface area (Å²) in [6.07, 6.45) is 3.07. The number of aryl methyl sites for hydroxylation is 2. The van der Waals surface area contributed by atoms with E-state index in [4.69, 9.17) is 24.4 Å². The van der Waals surface area contributed by atoms with Gasteiger partial charge in [-0.2, -0.15) is 0 Å². The van der Waals surface area contributed by atoms with Gasteiger partial charge in [-0.15, -0.1) is 11.8 Å². The Kier molecular flexibility index (Phi) is 13.5. The van der Waals surface area contributed by atoms with Crippen LogP contribution in [0.1, 0.15) is 36.5 Å². The van der Waals surface area contributed by atoms with Gasteiger partial charge in [-0.1, -0.05) is 31.5 Å². The number of benzene rings is 2. The second kappa shape index (κ2) is 15.9.